The number of hydrogen-bond donors (Lipinski definition) is 1. The second-order valence-corrected chi connectivity index (χ2v) is 7.38. The number of piperidine rings is 1. The summed E-state index contributed by atoms with van der Waals surface area (Å²) in [5, 5.41) is 4.81. The minimum Gasteiger partial charge on any atom is -0.375 e. The van der Waals surface area contributed by atoms with Crippen molar-refractivity contribution in [2.45, 2.75) is 18.9 Å². The van der Waals surface area contributed by atoms with Crippen molar-refractivity contribution in [3.63, 3.8) is 0 Å². The standard InChI is InChI=1S/C16H20BrClN3OP/c17-11-3-4-15-13(8-11)16(14(18)9-19-15)21-6-1-2-12(10-21)22-7-5-20-23/h3-4,8-9,12,20H,1-2,5-7,10,23H2. The number of nitrogens with zero attached hydrogens (tertiary/aromatic N) is 2. The molecule has 7 heteroatoms. The molecule has 2 unspecified atom stereocenters. The van der Waals surface area contributed by atoms with Crippen molar-refractivity contribution in [3.8, 4) is 0 Å². The molecular formula is C16H20BrClN3OP. The summed E-state index contributed by atoms with van der Waals surface area (Å²) >= 11 is 10.0. The number of hydrogen-bond acceptors (Lipinski definition) is 4. The first-order valence-corrected chi connectivity index (χ1v) is 9.47. The van der Waals surface area contributed by atoms with Gasteiger partial charge in [0.25, 0.3) is 0 Å². The monoisotopic (exact) mass is 415 g/mol. The highest BCUT2D eigenvalue weighted by atomic mass is 79.9. The maximum Gasteiger partial charge on any atom is 0.0829 e. The second-order valence-electron chi connectivity index (χ2n) is 5.65. The molecule has 0 amide bonds. The highest BCUT2D eigenvalue weighted by molar-refractivity contribution is 9.10. The number of aromatic nitrogens is 1. The maximum atomic E-state index is 6.49. The lowest BCUT2D eigenvalue weighted by Gasteiger charge is -2.35. The Bertz CT molecular complexity index is 682. The van der Waals surface area contributed by atoms with Crippen LogP contribution >= 0.6 is 36.9 Å². The fourth-order valence-corrected chi connectivity index (χ4v) is 3.76. The van der Waals surface area contributed by atoms with Crippen LogP contribution in [0.1, 0.15) is 12.8 Å². The molecule has 0 saturated carbocycles. The molecule has 1 aromatic heterocycles. The van der Waals surface area contributed by atoms with Crippen LogP contribution in [0.3, 0.4) is 0 Å². The zero-order chi connectivity index (χ0) is 16.2. The Kier molecular flexibility index (Phi) is 6.11. The Morgan fingerprint density at radius 3 is 3.17 bits per heavy atom. The van der Waals surface area contributed by atoms with Gasteiger partial charge in [0, 0.05) is 35.7 Å². The van der Waals surface area contributed by atoms with E-state index in [1.54, 1.807) is 6.20 Å². The van der Waals surface area contributed by atoms with E-state index in [4.69, 9.17) is 16.3 Å². The van der Waals surface area contributed by atoms with Gasteiger partial charge >= 0.3 is 0 Å². The molecule has 1 aliphatic rings. The summed E-state index contributed by atoms with van der Waals surface area (Å²) in [6.07, 6.45) is 4.19. The first-order valence-electron chi connectivity index (χ1n) is 7.73. The number of benzene rings is 1. The molecule has 0 bridgehead atoms. The molecule has 2 atom stereocenters. The fourth-order valence-electron chi connectivity index (χ4n) is 3.01. The number of halogens is 2. The minimum absolute atomic E-state index is 0.244. The van der Waals surface area contributed by atoms with Gasteiger partial charge in [0.1, 0.15) is 0 Å². The SMILES string of the molecule is PNCCOC1CCCN(c2c(Cl)cnc3ccc(Br)cc23)C1. The van der Waals surface area contributed by atoms with E-state index in [2.05, 4.69) is 46.4 Å². The van der Waals surface area contributed by atoms with E-state index in [0.717, 1.165) is 60.1 Å². The summed E-state index contributed by atoms with van der Waals surface area (Å²) in [4.78, 5) is 6.77. The lowest BCUT2D eigenvalue weighted by Crippen LogP contribution is -2.40. The van der Waals surface area contributed by atoms with E-state index in [9.17, 15) is 0 Å². The lowest BCUT2D eigenvalue weighted by molar-refractivity contribution is 0.0477. The van der Waals surface area contributed by atoms with Gasteiger partial charge in [0.05, 0.1) is 28.9 Å². The van der Waals surface area contributed by atoms with E-state index in [0.29, 0.717) is 5.02 Å². The summed E-state index contributed by atoms with van der Waals surface area (Å²) in [7, 11) is 2.50. The van der Waals surface area contributed by atoms with Gasteiger partial charge in [0.2, 0.25) is 0 Å². The van der Waals surface area contributed by atoms with E-state index < -0.39 is 0 Å². The van der Waals surface area contributed by atoms with Gasteiger partial charge in [-0.25, -0.2) is 0 Å². The molecule has 1 fully saturated rings. The van der Waals surface area contributed by atoms with Crippen molar-refractivity contribution >= 4 is 53.5 Å². The van der Waals surface area contributed by atoms with Crippen molar-refractivity contribution in [2.75, 3.05) is 31.1 Å². The van der Waals surface area contributed by atoms with Gasteiger partial charge in [-0.05, 0) is 31.0 Å². The van der Waals surface area contributed by atoms with Crippen molar-refractivity contribution in [1.82, 2.24) is 10.1 Å². The van der Waals surface area contributed by atoms with E-state index in [1.165, 1.54) is 0 Å². The third-order valence-electron chi connectivity index (χ3n) is 4.05. The number of rotatable bonds is 5. The molecule has 2 aromatic rings. The van der Waals surface area contributed by atoms with Gasteiger partial charge in [-0.2, -0.15) is 0 Å². The van der Waals surface area contributed by atoms with Crippen LogP contribution < -0.4 is 9.99 Å². The Hall–Kier alpha value is -0.450. The third kappa shape index (κ3) is 4.15. The number of ether oxygens (including phenoxy) is 1. The zero-order valence-corrected chi connectivity index (χ0v) is 16.3. The van der Waals surface area contributed by atoms with Crippen LogP contribution in [0.15, 0.2) is 28.9 Å². The van der Waals surface area contributed by atoms with E-state index in [1.807, 2.05) is 12.1 Å². The highest BCUT2D eigenvalue weighted by Gasteiger charge is 2.24. The molecule has 1 aliphatic heterocycles. The molecule has 0 spiro atoms. The molecule has 2 heterocycles. The fraction of sp³-hybridized carbons (Fsp3) is 0.438. The summed E-state index contributed by atoms with van der Waals surface area (Å²) in [5.74, 6) is 0. The third-order valence-corrected chi connectivity index (χ3v) is 5.11. The number of anilines is 1. The molecular weight excluding hydrogens is 397 g/mol. The smallest absolute Gasteiger partial charge is 0.0829 e. The van der Waals surface area contributed by atoms with E-state index in [-0.39, 0.29) is 6.10 Å². The molecule has 0 aliphatic carbocycles. The lowest BCUT2D eigenvalue weighted by atomic mass is 10.1. The predicted octanol–water partition coefficient (Wildman–Crippen LogP) is 4.02. The molecule has 1 aromatic carbocycles. The highest BCUT2D eigenvalue weighted by Crippen LogP contribution is 2.36. The van der Waals surface area contributed by atoms with Gasteiger partial charge < -0.3 is 9.64 Å². The first-order chi connectivity index (χ1) is 11.2. The van der Waals surface area contributed by atoms with Crippen molar-refractivity contribution in [1.29, 1.82) is 0 Å². The van der Waals surface area contributed by atoms with Gasteiger partial charge in [0.15, 0.2) is 0 Å². The first kappa shape index (κ1) is 17.4. The largest absolute Gasteiger partial charge is 0.375 e. The van der Waals surface area contributed by atoms with E-state index >= 15 is 0 Å². The van der Waals surface area contributed by atoms with Crippen LogP contribution in [0, 0.1) is 0 Å². The Balaban J connectivity index is 1.86. The summed E-state index contributed by atoms with van der Waals surface area (Å²) < 4.78 is 7.00. The average Bonchev–Trinajstić information content (AvgIpc) is 2.55. The van der Waals surface area contributed by atoms with Crippen LogP contribution in [0.4, 0.5) is 5.69 Å². The Morgan fingerprint density at radius 2 is 2.35 bits per heavy atom. The molecule has 1 saturated heterocycles. The topological polar surface area (TPSA) is 37.4 Å². The van der Waals surface area contributed by atoms with Crippen LogP contribution in [0.2, 0.25) is 5.02 Å². The summed E-state index contributed by atoms with van der Waals surface area (Å²) in [6, 6.07) is 6.11. The maximum absolute atomic E-state index is 6.49. The van der Waals surface area contributed by atoms with Crippen molar-refractivity contribution in [3.05, 3.63) is 33.9 Å². The van der Waals surface area contributed by atoms with Crippen molar-refractivity contribution < 1.29 is 4.74 Å². The van der Waals surface area contributed by atoms with Crippen LogP contribution in [-0.2, 0) is 4.74 Å². The second kappa shape index (κ2) is 8.09. The summed E-state index contributed by atoms with van der Waals surface area (Å²) in [6.45, 7) is 3.42. The zero-order valence-electron chi connectivity index (χ0n) is 12.8. The van der Waals surface area contributed by atoms with Crippen LogP contribution in [0.25, 0.3) is 10.9 Å². The van der Waals surface area contributed by atoms with Crippen LogP contribution in [0.5, 0.6) is 0 Å². The molecule has 23 heavy (non-hydrogen) atoms. The quantitative estimate of drug-likeness (QED) is 0.590. The number of nitrogens with one attached hydrogen (secondary N) is 1. The molecule has 124 valence electrons. The molecule has 3 rings (SSSR count). The Labute approximate surface area is 152 Å². The van der Waals surface area contributed by atoms with Crippen molar-refractivity contribution in [2.24, 2.45) is 0 Å². The number of pyridine rings is 1. The minimum atomic E-state index is 0.244. The molecule has 0 radical (unpaired) electrons. The van der Waals surface area contributed by atoms with Gasteiger partial charge in [-0.15, -0.1) is 0 Å². The summed E-state index contributed by atoms with van der Waals surface area (Å²) in [5.41, 5.74) is 2.03. The Morgan fingerprint density at radius 1 is 1.48 bits per heavy atom. The number of fused-ring (bicyclic) bond motifs is 1. The van der Waals surface area contributed by atoms with Gasteiger partial charge in [-0.1, -0.05) is 36.9 Å². The molecule has 1 N–H and O–H groups in total. The average molecular weight is 417 g/mol. The van der Waals surface area contributed by atoms with Crippen LogP contribution in [-0.4, -0.2) is 37.3 Å². The molecule has 4 nitrogen and oxygen atoms in total. The normalized spacial score (nSPS) is 18.6. The van der Waals surface area contributed by atoms with Gasteiger partial charge in [-0.3, -0.25) is 10.1 Å². The predicted molar refractivity (Wildman–Crippen MR) is 103 cm³/mol.